The molecule has 0 rings (SSSR count). The number of carbonyl (C=O) groups excluding carboxylic acids is 1. The van der Waals surface area contributed by atoms with Crippen molar-refractivity contribution in [1.29, 1.82) is 0 Å². The van der Waals surface area contributed by atoms with Crippen LogP contribution < -0.4 is 11.3 Å². The molecule has 0 aliphatic rings. The van der Waals surface area contributed by atoms with E-state index in [2.05, 4.69) is 5.43 Å². The van der Waals surface area contributed by atoms with Gasteiger partial charge in [0.25, 0.3) is 5.91 Å². The second kappa shape index (κ2) is 6.75. The lowest BCUT2D eigenvalue weighted by atomic mass is 10.2. The van der Waals surface area contributed by atoms with E-state index in [-0.39, 0.29) is 24.6 Å². The number of carbonyl (C=O) groups is 1. The summed E-state index contributed by atoms with van der Waals surface area (Å²) in [5.74, 6) is 4.87. The van der Waals surface area contributed by atoms with Gasteiger partial charge in [-0.05, 0) is 27.2 Å². The van der Waals surface area contributed by atoms with Gasteiger partial charge in [-0.1, -0.05) is 0 Å². The first kappa shape index (κ1) is 13.4. The van der Waals surface area contributed by atoms with Gasteiger partial charge in [-0.15, -0.1) is 0 Å². The van der Waals surface area contributed by atoms with Crippen LogP contribution in [0.5, 0.6) is 0 Å². The van der Waals surface area contributed by atoms with Crippen LogP contribution in [-0.4, -0.2) is 41.1 Å². The molecule has 0 spiro atoms. The number of amides is 1. The van der Waals surface area contributed by atoms with E-state index in [0.29, 0.717) is 13.0 Å². The van der Waals surface area contributed by atoms with Crippen LogP contribution in [0.25, 0.3) is 0 Å². The number of hydrazine groups is 1. The average molecular weight is 203 g/mol. The van der Waals surface area contributed by atoms with E-state index in [1.165, 1.54) is 0 Å². The zero-order chi connectivity index (χ0) is 11.1. The van der Waals surface area contributed by atoms with Crippen molar-refractivity contribution in [3.05, 3.63) is 0 Å². The third kappa shape index (κ3) is 4.04. The van der Waals surface area contributed by atoms with Crippen LogP contribution in [0.15, 0.2) is 0 Å². The first-order valence-corrected chi connectivity index (χ1v) is 4.91. The van der Waals surface area contributed by atoms with Crippen molar-refractivity contribution in [2.24, 2.45) is 5.84 Å². The molecule has 0 aromatic carbocycles. The largest absolute Gasteiger partial charge is 0.396 e. The number of hydrogen-bond acceptors (Lipinski definition) is 4. The minimum Gasteiger partial charge on any atom is -0.396 e. The molecule has 0 bridgehead atoms. The third-order valence-electron chi connectivity index (χ3n) is 2.26. The summed E-state index contributed by atoms with van der Waals surface area (Å²) < 4.78 is 0. The van der Waals surface area contributed by atoms with Crippen LogP contribution in [0.2, 0.25) is 0 Å². The Labute approximate surface area is 85.2 Å². The fraction of sp³-hybridized carbons (Fsp3) is 0.889. The van der Waals surface area contributed by atoms with Gasteiger partial charge < -0.3 is 5.11 Å². The van der Waals surface area contributed by atoms with Crippen LogP contribution in [0, 0.1) is 0 Å². The molecule has 1 unspecified atom stereocenters. The molecule has 0 saturated carbocycles. The maximum absolute atomic E-state index is 11.3. The number of nitrogens with one attached hydrogen (secondary N) is 1. The second-order valence-corrected chi connectivity index (χ2v) is 3.59. The minimum absolute atomic E-state index is 0.139. The van der Waals surface area contributed by atoms with Crippen molar-refractivity contribution >= 4 is 5.91 Å². The molecule has 0 saturated heterocycles. The number of nitrogens with zero attached hydrogens (tertiary/aromatic N) is 1. The lowest BCUT2D eigenvalue weighted by molar-refractivity contribution is -0.126. The SMILES string of the molecule is CC(C)N(CCCO)C(C)C(=O)NN. The van der Waals surface area contributed by atoms with Crippen LogP contribution in [0.4, 0.5) is 0 Å². The van der Waals surface area contributed by atoms with E-state index in [4.69, 9.17) is 10.9 Å². The predicted octanol–water partition coefficient (Wildman–Crippen LogP) is -0.542. The summed E-state index contributed by atoms with van der Waals surface area (Å²) in [7, 11) is 0. The molecule has 0 aliphatic carbocycles. The maximum atomic E-state index is 11.3. The van der Waals surface area contributed by atoms with E-state index in [9.17, 15) is 4.79 Å². The van der Waals surface area contributed by atoms with Crippen molar-refractivity contribution in [2.75, 3.05) is 13.2 Å². The highest BCUT2D eigenvalue weighted by Crippen LogP contribution is 2.06. The molecule has 0 heterocycles. The quantitative estimate of drug-likeness (QED) is 0.308. The molecular weight excluding hydrogens is 182 g/mol. The Morgan fingerprint density at radius 1 is 1.50 bits per heavy atom. The summed E-state index contributed by atoms with van der Waals surface area (Å²) in [6.07, 6.45) is 0.667. The van der Waals surface area contributed by atoms with Gasteiger partial charge in [0.05, 0.1) is 6.04 Å². The molecule has 0 aromatic rings. The summed E-state index contributed by atoms with van der Waals surface area (Å²) in [4.78, 5) is 13.3. The summed E-state index contributed by atoms with van der Waals surface area (Å²) in [6, 6.07) is 0.000370. The molecule has 5 nitrogen and oxygen atoms in total. The molecule has 1 amide bonds. The Morgan fingerprint density at radius 2 is 2.07 bits per heavy atom. The number of aliphatic hydroxyl groups is 1. The number of rotatable bonds is 6. The molecule has 84 valence electrons. The van der Waals surface area contributed by atoms with Crippen LogP contribution >= 0.6 is 0 Å². The first-order chi connectivity index (χ1) is 6.54. The average Bonchev–Trinajstić information content (AvgIpc) is 2.16. The molecule has 14 heavy (non-hydrogen) atoms. The fourth-order valence-electron chi connectivity index (χ4n) is 1.42. The van der Waals surface area contributed by atoms with Gasteiger partial charge in [-0.3, -0.25) is 15.1 Å². The van der Waals surface area contributed by atoms with Gasteiger partial charge in [0.1, 0.15) is 0 Å². The van der Waals surface area contributed by atoms with E-state index < -0.39 is 0 Å². The molecule has 0 radical (unpaired) electrons. The van der Waals surface area contributed by atoms with Crippen molar-refractivity contribution < 1.29 is 9.90 Å². The van der Waals surface area contributed by atoms with Gasteiger partial charge in [0.2, 0.25) is 0 Å². The van der Waals surface area contributed by atoms with Crippen LogP contribution in [0.1, 0.15) is 27.2 Å². The van der Waals surface area contributed by atoms with Crippen molar-refractivity contribution in [1.82, 2.24) is 10.3 Å². The fourth-order valence-corrected chi connectivity index (χ4v) is 1.42. The maximum Gasteiger partial charge on any atom is 0.250 e. The Kier molecular flexibility index (Phi) is 6.44. The normalized spacial score (nSPS) is 13.4. The molecule has 0 aliphatic heterocycles. The van der Waals surface area contributed by atoms with Gasteiger partial charge in [-0.25, -0.2) is 5.84 Å². The van der Waals surface area contributed by atoms with Crippen molar-refractivity contribution in [3.8, 4) is 0 Å². The zero-order valence-electron chi connectivity index (χ0n) is 9.16. The Hall–Kier alpha value is -0.650. The van der Waals surface area contributed by atoms with Crippen molar-refractivity contribution in [3.63, 3.8) is 0 Å². The third-order valence-corrected chi connectivity index (χ3v) is 2.26. The van der Waals surface area contributed by atoms with E-state index in [1.807, 2.05) is 18.7 Å². The standard InChI is InChI=1S/C9H21N3O2/c1-7(2)12(5-4-6-13)8(3)9(14)11-10/h7-8,13H,4-6,10H2,1-3H3,(H,11,14). The van der Waals surface area contributed by atoms with E-state index >= 15 is 0 Å². The van der Waals surface area contributed by atoms with Gasteiger partial charge >= 0.3 is 0 Å². The molecule has 4 N–H and O–H groups in total. The van der Waals surface area contributed by atoms with Crippen LogP contribution in [-0.2, 0) is 4.79 Å². The molecule has 1 atom stereocenters. The Bertz CT molecular complexity index is 173. The van der Waals surface area contributed by atoms with E-state index in [1.54, 1.807) is 6.92 Å². The van der Waals surface area contributed by atoms with Gasteiger partial charge in [0, 0.05) is 19.2 Å². The Balaban J connectivity index is 4.25. The molecule has 0 aromatic heterocycles. The minimum atomic E-state index is -0.258. The molecule has 5 heteroatoms. The highest BCUT2D eigenvalue weighted by molar-refractivity contribution is 5.80. The second-order valence-electron chi connectivity index (χ2n) is 3.59. The molecule has 0 fully saturated rings. The summed E-state index contributed by atoms with van der Waals surface area (Å²) in [5.41, 5.74) is 2.13. The first-order valence-electron chi connectivity index (χ1n) is 4.91. The smallest absolute Gasteiger partial charge is 0.250 e. The van der Waals surface area contributed by atoms with Crippen LogP contribution in [0.3, 0.4) is 0 Å². The summed E-state index contributed by atoms with van der Waals surface area (Å²) >= 11 is 0. The number of nitrogens with two attached hydrogens (primary N) is 1. The summed E-state index contributed by atoms with van der Waals surface area (Å²) in [6.45, 7) is 6.66. The highest BCUT2D eigenvalue weighted by atomic mass is 16.3. The highest BCUT2D eigenvalue weighted by Gasteiger charge is 2.22. The number of aliphatic hydroxyl groups excluding tert-OH is 1. The lowest BCUT2D eigenvalue weighted by Gasteiger charge is -2.31. The van der Waals surface area contributed by atoms with E-state index in [0.717, 1.165) is 0 Å². The molecular formula is C9H21N3O2. The Morgan fingerprint density at radius 3 is 2.43 bits per heavy atom. The summed E-state index contributed by atoms with van der Waals surface area (Å²) in [5, 5.41) is 8.72. The zero-order valence-corrected chi connectivity index (χ0v) is 9.16. The van der Waals surface area contributed by atoms with Gasteiger partial charge in [-0.2, -0.15) is 0 Å². The van der Waals surface area contributed by atoms with Gasteiger partial charge in [0.15, 0.2) is 0 Å². The topological polar surface area (TPSA) is 78.6 Å². The monoisotopic (exact) mass is 203 g/mol. The predicted molar refractivity (Wildman–Crippen MR) is 55.3 cm³/mol. The number of hydrogen-bond donors (Lipinski definition) is 3. The lowest BCUT2D eigenvalue weighted by Crippen LogP contribution is -2.50. The van der Waals surface area contributed by atoms with Crippen molar-refractivity contribution in [2.45, 2.75) is 39.3 Å².